The van der Waals surface area contributed by atoms with Gasteiger partial charge in [0.1, 0.15) is 5.56 Å². The molecule has 0 aliphatic carbocycles. The van der Waals surface area contributed by atoms with Crippen LogP contribution in [0, 0.1) is 0 Å². The van der Waals surface area contributed by atoms with E-state index >= 15 is 0 Å². The molecule has 0 saturated carbocycles. The Hall–Kier alpha value is -5.70. The summed E-state index contributed by atoms with van der Waals surface area (Å²) in [6.45, 7) is 2.38. The minimum atomic E-state index is -0.707. The molecule has 0 saturated heterocycles. The Balaban J connectivity index is 1.39. The van der Waals surface area contributed by atoms with Crippen LogP contribution in [0.5, 0.6) is 5.88 Å². The van der Waals surface area contributed by atoms with Crippen LogP contribution in [-0.4, -0.2) is 48.8 Å². The minimum absolute atomic E-state index is 0.0383. The number of aryl methyl sites for hydroxylation is 1. The normalized spacial score (nSPS) is 16.6. The molecule has 2 atom stereocenters. The van der Waals surface area contributed by atoms with E-state index in [2.05, 4.69) is 59.1 Å². The first kappa shape index (κ1) is 30.0. The van der Waals surface area contributed by atoms with Crippen LogP contribution in [0.1, 0.15) is 51.5 Å². The Morgan fingerprint density at radius 3 is 2.34 bits per heavy atom. The summed E-state index contributed by atoms with van der Waals surface area (Å²) in [5, 5.41) is 13.0. The van der Waals surface area contributed by atoms with Gasteiger partial charge in [-0.25, -0.2) is 4.79 Å². The summed E-state index contributed by atoms with van der Waals surface area (Å²) >= 11 is 0. The smallest absolute Gasteiger partial charge is 0.330 e. The highest BCUT2D eigenvalue weighted by Gasteiger charge is 2.40. The largest absolute Gasteiger partial charge is 0.494 e. The van der Waals surface area contributed by atoms with Gasteiger partial charge >= 0.3 is 5.69 Å². The van der Waals surface area contributed by atoms with Crippen molar-refractivity contribution in [2.75, 3.05) is 13.1 Å². The van der Waals surface area contributed by atoms with Crippen LogP contribution in [0.15, 0.2) is 112 Å². The number of aromatic amines is 1. The number of amides is 1. The zero-order chi connectivity index (χ0) is 32.8. The first-order valence-electron chi connectivity index (χ1n) is 15.7. The van der Waals surface area contributed by atoms with Crippen molar-refractivity contribution in [3.8, 4) is 5.88 Å². The third-order valence-corrected chi connectivity index (χ3v) is 9.51. The second-order valence-electron chi connectivity index (χ2n) is 12.2. The standard InChI is InChI=1S/C38H35N5O4/c1-23(33-35(44)40-38(47)42(3)37(33)46)39-22-30-26-13-7-8-15-28(26)36(45)43(20-19-24-11-5-4-6-12-24)34(30)25-17-18-32-29(21-25)27-14-9-10-16-31(27)41(32)2/h4-18,21,30,34,46H,19-20,22H2,1-3H3,(H,40,44,47)/t30-,34+/m0/s1. The van der Waals surface area contributed by atoms with Crippen LogP contribution >= 0.6 is 0 Å². The van der Waals surface area contributed by atoms with Gasteiger partial charge in [0.25, 0.3) is 11.5 Å². The maximum Gasteiger partial charge on any atom is 0.330 e. The van der Waals surface area contributed by atoms with E-state index in [1.165, 1.54) is 7.05 Å². The predicted molar refractivity (Wildman–Crippen MR) is 185 cm³/mol. The van der Waals surface area contributed by atoms with E-state index in [4.69, 9.17) is 4.99 Å². The third-order valence-electron chi connectivity index (χ3n) is 9.51. The SMILES string of the molecule is CC(=NC[C@H]1c2ccccc2C(=O)N(CCc2ccccc2)[C@@H]1c1ccc2c(c1)c1ccccc1n2C)c1c(O)n(C)c(=O)[nH]c1=O. The monoisotopic (exact) mass is 625 g/mol. The topological polar surface area (TPSA) is 113 Å². The number of nitrogens with one attached hydrogen (secondary N) is 1. The van der Waals surface area contributed by atoms with Crippen molar-refractivity contribution in [3.63, 3.8) is 0 Å². The molecule has 0 radical (unpaired) electrons. The van der Waals surface area contributed by atoms with Crippen molar-refractivity contribution in [3.05, 3.63) is 146 Å². The van der Waals surface area contributed by atoms with Gasteiger partial charge in [0, 0.05) is 66.2 Å². The average molecular weight is 626 g/mol. The lowest BCUT2D eigenvalue weighted by Gasteiger charge is -2.42. The van der Waals surface area contributed by atoms with Gasteiger partial charge in [0.05, 0.1) is 6.04 Å². The molecular weight excluding hydrogens is 590 g/mol. The van der Waals surface area contributed by atoms with Gasteiger partial charge in [-0.05, 0) is 54.3 Å². The Bertz CT molecular complexity index is 2320. The number of aromatic nitrogens is 3. The lowest BCUT2D eigenvalue weighted by molar-refractivity contribution is 0.0614. The van der Waals surface area contributed by atoms with Gasteiger partial charge in [-0.2, -0.15) is 0 Å². The maximum atomic E-state index is 14.3. The van der Waals surface area contributed by atoms with Crippen LogP contribution in [0.2, 0.25) is 0 Å². The molecule has 9 heteroatoms. The van der Waals surface area contributed by atoms with Crippen molar-refractivity contribution in [1.82, 2.24) is 19.0 Å². The molecule has 47 heavy (non-hydrogen) atoms. The number of H-pyrrole nitrogens is 1. The second kappa shape index (κ2) is 11.9. The summed E-state index contributed by atoms with van der Waals surface area (Å²) in [5.74, 6) is -0.749. The number of carbonyl (C=O) groups is 1. The van der Waals surface area contributed by atoms with E-state index in [1.807, 2.05) is 59.5 Å². The molecule has 9 nitrogen and oxygen atoms in total. The van der Waals surface area contributed by atoms with E-state index in [9.17, 15) is 19.5 Å². The molecule has 0 fully saturated rings. The van der Waals surface area contributed by atoms with Crippen molar-refractivity contribution in [2.45, 2.75) is 25.3 Å². The molecule has 1 aliphatic heterocycles. The molecule has 0 bridgehead atoms. The number of carbonyl (C=O) groups excluding carboxylic acids is 1. The molecule has 0 spiro atoms. The minimum Gasteiger partial charge on any atom is -0.494 e. The van der Waals surface area contributed by atoms with E-state index in [1.54, 1.807) is 6.92 Å². The number of nitrogens with zero attached hydrogens (tertiary/aromatic N) is 4. The van der Waals surface area contributed by atoms with Crippen molar-refractivity contribution >= 4 is 33.4 Å². The Morgan fingerprint density at radius 1 is 0.830 bits per heavy atom. The second-order valence-corrected chi connectivity index (χ2v) is 12.2. The Labute approximate surface area is 271 Å². The Morgan fingerprint density at radius 2 is 1.53 bits per heavy atom. The number of aromatic hydroxyl groups is 1. The van der Waals surface area contributed by atoms with Crippen LogP contribution in [0.25, 0.3) is 21.8 Å². The predicted octanol–water partition coefficient (Wildman–Crippen LogP) is 5.46. The molecular formula is C38H35N5O4. The number of hydrogen-bond donors (Lipinski definition) is 2. The summed E-state index contributed by atoms with van der Waals surface area (Å²) in [7, 11) is 3.45. The molecule has 1 aliphatic rings. The zero-order valence-corrected chi connectivity index (χ0v) is 26.5. The highest BCUT2D eigenvalue weighted by atomic mass is 16.3. The Kier molecular flexibility index (Phi) is 7.60. The lowest BCUT2D eigenvalue weighted by atomic mass is 9.79. The van der Waals surface area contributed by atoms with Crippen LogP contribution in [0.4, 0.5) is 0 Å². The molecule has 6 aromatic rings. The van der Waals surface area contributed by atoms with Gasteiger partial charge < -0.3 is 14.6 Å². The molecule has 4 aromatic carbocycles. The van der Waals surface area contributed by atoms with Gasteiger partial charge in [0.2, 0.25) is 5.88 Å². The molecule has 2 aromatic heterocycles. The summed E-state index contributed by atoms with van der Waals surface area (Å²) in [6.07, 6.45) is 0.679. The quantitative estimate of drug-likeness (QED) is 0.230. The summed E-state index contributed by atoms with van der Waals surface area (Å²) in [4.78, 5) is 48.2. The van der Waals surface area contributed by atoms with Gasteiger partial charge in [-0.15, -0.1) is 0 Å². The fraction of sp³-hybridized carbons (Fsp3) is 0.211. The zero-order valence-electron chi connectivity index (χ0n) is 26.5. The van der Waals surface area contributed by atoms with Crippen LogP contribution < -0.4 is 11.2 Å². The van der Waals surface area contributed by atoms with E-state index in [-0.39, 0.29) is 30.0 Å². The van der Waals surface area contributed by atoms with Crippen LogP contribution in [0.3, 0.4) is 0 Å². The summed E-state index contributed by atoms with van der Waals surface area (Å²) in [6, 6.07) is 32.2. The lowest BCUT2D eigenvalue weighted by Crippen LogP contribution is -2.44. The fourth-order valence-electron chi connectivity index (χ4n) is 7.05. The molecule has 0 unspecified atom stereocenters. The highest BCUT2D eigenvalue weighted by molar-refractivity contribution is 6.08. The molecule has 2 N–H and O–H groups in total. The van der Waals surface area contributed by atoms with Crippen molar-refractivity contribution in [2.24, 2.45) is 19.1 Å². The van der Waals surface area contributed by atoms with Gasteiger partial charge in [-0.1, -0.05) is 72.8 Å². The molecule has 7 rings (SSSR count). The number of aliphatic imine (C=N–C) groups is 1. The fourth-order valence-corrected chi connectivity index (χ4v) is 7.05. The molecule has 3 heterocycles. The highest BCUT2D eigenvalue weighted by Crippen LogP contribution is 2.44. The van der Waals surface area contributed by atoms with E-state index < -0.39 is 17.1 Å². The number of rotatable bonds is 7. The van der Waals surface area contributed by atoms with Gasteiger partial charge in [0.15, 0.2) is 0 Å². The summed E-state index contributed by atoms with van der Waals surface area (Å²) in [5.41, 5.74) is 4.70. The molecule has 236 valence electrons. The first-order chi connectivity index (χ1) is 22.7. The van der Waals surface area contributed by atoms with Crippen molar-refractivity contribution < 1.29 is 9.90 Å². The third kappa shape index (κ3) is 5.13. The number of benzene rings is 4. The van der Waals surface area contributed by atoms with Gasteiger partial charge in [-0.3, -0.25) is 24.1 Å². The summed E-state index contributed by atoms with van der Waals surface area (Å²) < 4.78 is 3.17. The number of para-hydroxylation sites is 1. The van der Waals surface area contributed by atoms with E-state index in [0.29, 0.717) is 24.2 Å². The van der Waals surface area contributed by atoms with E-state index in [0.717, 1.165) is 43.1 Å². The maximum absolute atomic E-state index is 14.3. The average Bonchev–Trinajstić information content (AvgIpc) is 3.37. The van der Waals surface area contributed by atoms with Crippen LogP contribution in [-0.2, 0) is 20.5 Å². The first-order valence-corrected chi connectivity index (χ1v) is 15.7. The number of hydrogen-bond acceptors (Lipinski definition) is 5. The molecule has 1 amide bonds. The van der Waals surface area contributed by atoms with Crippen molar-refractivity contribution in [1.29, 1.82) is 0 Å². The number of fused-ring (bicyclic) bond motifs is 4.